The molecule has 0 aromatic rings. The lowest BCUT2D eigenvalue weighted by Crippen LogP contribution is -2.58. The second-order valence-electron chi connectivity index (χ2n) is 2.96. The Hall–Kier alpha value is -0.900. The molecule has 1 aliphatic heterocycles. The van der Waals surface area contributed by atoms with Crippen molar-refractivity contribution < 1.29 is 9.59 Å². The third-order valence-electron chi connectivity index (χ3n) is 2.16. The summed E-state index contributed by atoms with van der Waals surface area (Å²) in [7, 11) is 1.72. The van der Waals surface area contributed by atoms with Crippen LogP contribution in [0, 0.1) is 0 Å². The van der Waals surface area contributed by atoms with E-state index in [-0.39, 0.29) is 11.8 Å². The number of likely N-dealkylation sites (N-methyl/N-ethyl adjacent to an activating group) is 1. The first-order chi connectivity index (χ1) is 5.08. The summed E-state index contributed by atoms with van der Waals surface area (Å²) >= 11 is 0. The third kappa shape index (κ3) is 1.40. The number of amides is 2. The predicted octanol–water partition coefficient (Wildman–Crippen LogP) is -0.599. The Kier molecular flexibility index (Phi) is 1.95. The molecule has 1 saturated heterocycles. The van der Waals surface area contributed by atoms with E-state index >= 15 is 0 Å². The van der Waals surface area contributed by atoms with E-state index in [1.165, 1.54) is 0 Å². The number of rotatable bonds is 1. The van der Waals surface area contributed by atoms with Crippen molar-refractivity contribution in [3.8, 4) is 0 Å². The fraction of sp³-hybridized carbons (Fsp3) is 0.714. The maximum atomic E-state index is 11.2. The molecule has 11 heavy (non-hydrogen) atoms. The lowest BCUT2D eigenvalue weighted by Gasteiger charge is -2.30. The zero-order chi connectivity index (χ0) is 8.48. The van der Waals surface area contributed by atoms with Gasteiger partial charge >= 0.3 is 0 Å². The summed E-state index contributed by atoms with van der Waals surface area (Å²) in [6.45, 7) is 1.79. The monoisotopic (exact) mass is 156 g/mol. The molecule has 1 unspecified atom stereocenters. The van der Waals surface area contributed by atoms with Crippen LogP contribution in [-0.2, 0) is 9.59 Å². The van der Waals surface area contributed by atoms with Gasteiger partial charge in [0.1, 0.15) is 0 Å². The summed E-state index contributed by atoms with van der Waals surface area (Å²) in [5, 5.41) is 5.17. The van der Waals surface area contributed by atoms with E-state index in [9.17, 15) is 9.59 Å². The second-order valence-corrected chi connectivity index (χ2v) is 2.96. The fourth-order valence-corrected chi connectivity index (χ4v) is 1.04. The lowest BCUT2D eigenvalue weighted by molar-refractivity contribution is -0.137. The molecule has 0 aliphatic carbocycles. The highest BCUT2D eigenvalue weighted by molar-refractivity contribution is 6.02. The number of hydrogen-bond donors (Lipinski definition) is 2. The number of carbonyl (C=O) groups excluding carboxylic acids is 2. The van der Waals surface area contributed by atoms with Crippen molar-refractivity contribution in [1.82, 2.24) is 10.6 Å². The molecule has 2 N–H and O–H groups in total. The Morgan fingerprint density at radius 3 is 2.64 bits per heavy atom. The van der Waals surface area contributed by atoms with Gasteiger partial charge in [-0.1, -0.05) is 0 Å². The summed E-state index contributed by atoms with van der Waals surface area (Å²) in [5.74, 6) is -0.404. The minimum Gasteiger partial charge on any atom is -0.307 e. The van der Waals surface area contributed by atoms with Gasteiger partial charge in [-0.3, -0.25) is 14.9 Å². The van der Waals surface area contributed by atoms with Crippen molar-refractivity contribution in [1.29, 1.82) is 0 Å². The molecule has 62 valence electrons. The van der Waals surface area contributed by atoms with E-state index in [2.05, 4.69) is 10.6 Å². The Labute approximate surface area is 65.3 Å². The molecular weight excluding hydrogens is 144 g/mol. The van der Waals surface area contributed by atoms with Gasteiger partial charge in [0.15, 0.2) is 0 Å². The molecule has 0 saturated carbocycles. The largest absolute Gasteiger partial charge is 0.307 e. The minimum absolute atomic E-state index is 0.178. The van der Waals surface area contributed by atoms with Crippen LogP contribution < -0.4 is 10.6 Å². The van der Waals surface area contributed by atoms with Gasteiger partial charge in [-0.2, -0.15) is 0 Å². The number of piperidine rings is 1. The van der Waals surface area contributed by atoms with Gasteiger partial charge in [0, 0.05) is 6.42 Å². The molecule has 4 nitrogen and oxygen atoms in total. The normalized spacial score (nSPS) is 31.8. The first kappa shape index (κ1) is 8.20. The summed E-state index contributed by atoms with van der Waals surface area (Å²) in [4.78, 5) is 21.9. The zero-order valence-corrected chi connectivity index (χ0v) is 6.73. The number of nitrogens with one attached hydrogen (secondary N) is 2. The molecule has 1 rings (SSSR count). The Balaban J connectivity index is 2.71. The molecule has 4 heteroatoms. The first-order valence-corrected chi connectivity index (χ1v) is 3.62. The van der Waals surface area contributed by atoms with Crippen LogP contribution in [-0.4, -0.2) is 24.4 Å². The van der Waals surface area contributed by atoms with Gasteiger partial charge < -0.3 is 5.32 Å². The van der Waals surface area contributed by atoms with Crippen molar-refractivity contribution in [2.45, 2.75) is 25.3 Å². The Morgan fingerprint density at radius 2 is 2.18 bits per heavy atom. The number of imide groups is 1. The topological polar surface area (TPSA) is 58.2 Å². The molecule has 0 aromatic carbocycles. The van der Waals surface area contributed by atoms with Crippen LogP contribution in [0.5, 0.6) is 0 Å². The standard InChI is InChI=1S/C7H12N2O2/c1-7(8-2)4-3-5(10)9-6(7)11/h8H,3-4H2,1-2H3,(H,9,10,11). The molecule has 1 aliphatic rings. The van der Waals surface area contributed by atoms with Gasteiger partial charge in [-0.25, -0.2) is 0 Å². The highest BCUT2D eigenvalue weighted by atomic mass is 16.2. The van der Waals surface area contributed by atoms with E-state index in [1.54, 1.807) is 14.0 Å². The van der Waals surface area contributed by atoms with E-state index in [0.717, 1.165) is 0 Å². The average molecular weight is 156 g/mol. The lowest BCUT2D eigenvalue weighted by atomic mass is 9.91. The van der Waals surface area contributed by atoms with Crippen LogP contribution >= 0.6 is 0 Å². The summed E-state index contributed by atoms with van der Waals surface area (Å²) in [6.07, 6.45) is 0.997. The van der Waals surface area contributed by atoms with Crippen LogP contribution in [0.4, 0.5) is 0 Å². The number of hydrogen-bond acceptors (Lipinski definition) is 3. The van der Waals surface area contributed by atoms with Crippen LogP contribution in [0.25, 0.3) is 0 Å². The Bertz CT molecular complexity index is 203. The van der Waals surface area contributed by atoms with Gasteiger partial charge in [0.2, 0.25) is 11.8 Å². The molecule has 0 aromatic heterocycles. The van der Waals surface area contributed by atoms with E-state index < -0.39 is 5.54 Å². The molecular formula is C7H12N2O2. The van der Waals surface area contributed by atoms with Crippen LogP contribution in [0.1, 0.15) is 19.8 Å². The molecule has 0 bridgehead atoms. The molecule has 1 atom stereocenters. The van der Waals surface area contributed by atoms with E-state index in [1.807, 2.05) is 0 Å². The number of carbonyl (C=O) groups is 2. The minimum atomic E-state index is -0.562. The summed E-state index contributed by atoms with van der Waals surface area (Å²) in [6, 6.07) is 0. The Morgan fingerprint density at radius 1 is 1.55 bits per heavy atom. The maximum absolute atomic E-state index is 11.2. The summed E-state index contributed by atoms with van der Waals surface area (Å²) < 4.78 is 0. The quantitative estimate of drug-likeness (QED) is 0.498. The van der Waals surface area contributed by atoms with Crippen molar-refractivity contribution in [2.24, 2.45) is 0 Å². The smallest absolute Gasteiger partial charge is 0.246 e. The predicted molar refractivity (Wildman–Crippen MR) is 39.8 cm³/mol. The van der Waals surface area contributed by atoms with Crippen molar-refractivity contribution in [3.63, 3.8) is 0 Å². The first-order valence-electron chi connectivity index (χ1n) is 3.62. The highest BCUT2D eigenvalue weighted by Gasteiger charge is 2.36. The molecule has 0 radical (unpaired) electrons. The zero-order valence-electron chi connectivity index (χ0n) is 6.73. The summed E-state index contributed by atoms with van der Waals surface area (Å²) in [5.41, 5.74) is -0.562. The molecule has 0 spiro atoms. The average Bonchev–Trinajstić information content (AvgIpc) is 1.98. The fourth-order valence-electron chi connectivity index (χ4n) is 1.04. The van der Waals surface area contributed by atoms with Crippen LogP contribution in [0.2, 0.25) is 0 Å². The molecule has 1 heterocycles. The molecule has 2 amide bonds. The van der Waals surface area contributed by atoms with Gasteiger partial charge in [0.05, 0.1) is 5.54 Å². The highest BCUT2D eigenvalue weighted by Crippen LogP contribution is 2.15. The van der Waals surface area contributed by atoms with Crippen LogP contribution in [0.15, 0.2) is 0 Å². The van der Waals surface area contributed by atoms with Crippen LogP contribution in [0.3, 0.4) is 0 Å². The van der Waals surface area contributed by atoms with Crippen molar-refractivity contribution in [3.05, 3.63) is 0 Å². The van der Waals surface area contributed by atoms with Crippen molar-refractivity contribution >= 4 is 11.8 Å². The third-order valence-corrected chi connectivity index (χ3v) is 2.16. The molecule has 1 fully saturated rings. The second kappa shape index (κ2) is 2.62. The van der Waals surface area contributed by atoms with Gasteiger partial charge in [0.25, 0.3) is 0 Å². The van der Waals surface area contributed by atoms with Gasteiger partial charge in [-0.15, -0.1) is 0 Å². The van der Waals surface area contributed by atoms with Crippen molar-refractivity contribution in [2.75, 3.05) is 7.05 Å². The van der Waals surface area contributed by atoms with E-state index in [0.29, 0.717) is 12.8 Å². The van der Waals surface area contributed by atoms with Gasteiger partial charge in [-0.05, 0) is 20.4 Å². The SMILES string of the molecule is CNC1(C)CCC(=O)NC1=O. The maximum Gasteiger partial charge on any atom is 0.246 e. The van der Waals surface area contributed by atoms with E-state index in [4.69, 9.17) is 0 Å².